The Hall–Kier alpha value is -1.72. The molecule has 1 N–H and O–H groups in total. The Morgan fingerprint density at radius 3 is 2.62 bits per heavy atom. The number of hydrogen-bond donors (Lipinski definition) is 1. The van der Waals surface area contributed by atoms with Crippen molar-refractivity contribution in [2.24, 2.45) is 0 Å². The van der Waals surface area contributed by atoms with E-state index in [0.29, 0.717) is 6.54 Å². The van der Waals surface area contributed by atoms with E-state index in [1.54, 1.807) is 11.0 Å². The van der Waals surface area contributed by atoms with Gasteiger partial charge in [0.15, 0.2) is 0 Å². The molecule has 0 unspecified atom stereocenters. The Kier molecular flexibility index (Phi) is 4.75. The van der Waals surface area contributed by atoms with Gasteiger partial charge < -0.3 is 5.11 Å². The van der Waals surface area contributed by atoms with E-state index >= 15 is 0 Å². The summed E-state index contributed by atoms with van der Waals surface area (Å²) in [4.78, 5) is 6.22. The predicted octanol–water partition coefficient (Wildman–Crippen LogP) is 2.17. The van der Waals surface area contributed by atoms with E-state index in [0.717, 1.165) is 24.3 Å². The number of hydrogen-bond acceptors (Lipinski definition) is 4. The Labute approximate surface area is 126 Å². The third-order valence-electron chi connectivity index (χ3n) is 3.39. The third kappa shape index (κ3) is 4.37. The van der Waals surface area contributed by atoms with Crippen LogP contribution < -0.4 is 0 Å². The number of aliphatic hydroxyl groups is 1. The summed E-state index contributed by atoms with van der Waals surface area (Å²) in [6.45, 7) is 10.3. The predicted molar refractivity (Wildman–Crippen MR) is 83.3 cm³/mol. The average molecular weight is 288 g/mol. The summed E-state index contributed by atoms with van der Waals surface area (Å²) in [5.74, 6) is 0. The van der Waals surface area contributed by atoms with Crippen LogP contribution in [0.2, 0.25) is 0 Å². The number of benzene rings is 1. The second-order valence-corrected chi connectivity index (χ2v) is 6.08. The quantitative estimate of drug-likeness (QED) is 0.885. The molecule has 5 nitrogen and oxygen atoms in total. The molecule has 1 aromatic carbocycles. The summed E-state index contributed by atoms with van der Waals surface area (Å²) in [7, 11) is 0. The minimum Gasteiger partial charge on any atom is -0.389 e. The first-order chi connectivity index (χ1) is 9.89. The molecule has 0 bridgehead atoms. The van der Waals surface area contributed by atoms with Crippen molar-refractivity contribution in [3.63, 3.8) is 0 Å². The summed E-state index contributed by atoms with van der Waals surface area (Å²) in [5, 5.41) is 14.1. The van der Waals surface area contributed by atoms with Crippen LogP contribution in [0.1, 0.15) is 31.9 Å². The molecule has 1 aromatic heterocycles. The van der Waals surface area contributed by atoms with Crippen molar-refractivity contribution >= 4 is 0 Å². The van der Waals surface area contributed by atoms with E-state index in [1.807, 2.05) is 13.8 Å². The Morgan fingerprint density at radius 1 is 1.33 bits per heavy atom. The van der Waals surface area contributed by atoms with Gasteiger partial charge in [0.05, 0.1) is 11.3 Å². The van der Waals surface area contributed by atoms with E-state index < -0.39 is 5.60 Å². The number of aryl methyl sites for hydroxylation is 1. The number of likely N-dealkylation sites (N-methyl/N-ethyl adjacent to an activating group) is 1. The third-order valence-corrected chi connectivity index (χ3v) is 3.39. The summed E-state index contributed by atoms with van der Waals surface area (Å²) in [6, 6.07) is 6.35. The fourth-order valence-electron chi connectivity index (χ4n) is 2.49. The molecule has 0 saturated carbocycles. The van der Waals surface area contributed by atoms with E-state index in [4.69, 9.17) is 0 Å². The molecule has 0 spiro atoms. The van der Waals surface area contributed by atoms with Gasteiger partial charge in [-0.2, -0.15) is 5.10 Å². The fraction of sp³-hybridized carbons (Fsp3) is 0.500. The van der Waals surface area contributed by atoms with Crippen LogP contribution in [0.25, 0.3) is 5.69 Å². The van der Waals surface area contributed by atoms with E-state index in [2.05, 4.69) is 47.0 Å². The SMILES string of the molecule is CCN(Cc1ccc(-n2cncn2)c(C)c1)CC(C)(C)O. The maximum absolute atomic E-state index is 9.96. The van der Waals surface area contributed by atoms with Crippen LogP contribution in [-0.4, -0.2) is 43.5 Å². The van der Waals surface area contributed by atoms with Crippen molar-refractivity contribution in [3.8, 4) is 5.69 Å². The highest BCUT2D eigenvalue weighted by Crippen LogP contribution is 2.17. The van der Waals surface area contributed by atoms with Crippen molar-refractivity contribution in [2.75, 3.05) is 13.1 Å². The number of rotatable bonds is 6. The molecule has 0 aliphatic heterocycles. The van der Waals surface area contributed by atoms with E-state index in [1.165, 1.54) is 11.9 Å². The normalized spacial score (nSPS) is 12.1. The molecule has 1 heterocycles. The standard InChI is InChI=1S/C16H24N4O/c1-5-19(10-16(3,4)21)9-14-6-7-15(13(2)8-14)20-12-17-11-18-20/h6-8,11-12,21H,5,9-10H2,1-4H3. The van der Waals surface area contributed by atoms with E-state index in [-0.39, 0.29) is 0 Å². The fourth-order valence-corrected chi connectivity index (χ4v) is 2.49. The second kappa shape index (κ2) is 6.37. The zero-order valence-corrected chi connectivity index (χ0v) is 13.2. The van der Waals surface area contributed by atoms with Crippen LogP contribution in [0.5, 0.6) is 0 Å². The minimum absolute atomic E-state index is 0.660. The second-order valence-electron chi connectivity index (χ2n) is 6.08. The van der Waals surface area contributed by atoms with Gasteiger partial charge >= 0.3 is 0 Å². The Morgan fingerprint density at radius 2 is 2.10 bits per heavy atom. The lowest BCUT2D eigenvalue weighted by molar-refractivity contribution is 0.0353. The molecule has 0 amide bonds. The summed E-state index contributed by atoms with van der Waals surface area (Å²) >= 11 is 0. The molecule has 0 saturated heterocycles. The lowest BCUT2D eigenvalue weighted by Crippen LogP contribution is -2.38. The first-order valence-corrected chi connectivity index (χ1v) is 7.28. The van der Waals surface area contributed by atoms with Crippen LogP contribution >= 0.6 is 0 Å². The smallest absolute Gasteiger partial charge is 0.138 e. The topological polar surface area (TPSA) is 54.2 Å². The van der Waals surface area contributed by atoms with Gasteiger partial charge in [-0.25, -0.2) is 9.67 Å². The van der Waals surface area contributed by atoms with Crippen molar-refractivity contribution in [1.29, 1.82) is 0 Å². The highest BCUT2D eigenvalue weighted by atomic mass is 16.3. The molecule has 0 atom stereocenters. The number of nitrogens with zero attached hydrogens (tertiary/aromatic N) is 4. The summed E-state index contributed by atoms with van der Waals surface area (Å²) in [5.41, 5.74) is 2.77. The minimum atomic E-state index is -0.675. The average Bonchev–Trinajstić information content (AvgIpc) is 2.90. The van der Waals surface area contributed by atoms with Crippen molar-refractivity contribution in [1.82, 2.24) is 19.7 Å². The van der Waals surface area contributed by atoms with Crippen LogP contribution in [0, 0.1) is 6.92 Å². The first kappa shape index (κ1) is 15.7. The molecule has 0 radical (unpaired) electrons. The van der Waals surface area contributed by atoms with Gasteiger partial charge in [-0.05, 0) is 44.5 Å². The first-order valence-electron chi connectivity index (χ1n) is 7.28. The Bertz CT molecular complexity index is 572. The van der Waals surface area contributed by atoms with E-state index in [9.17, 15) is 5.11 Å². The number of aromatic nitrogens is 3. The molecule has 5 heteroatoms. The zero-order chi connectivity index (χ0) is 15.5. The summed E-state index contributed by atoms with van der Waals surface area (Å²) < 4.78 is 1.77. The van der Waals surface area contributed by atoms with Gasteiger partial charge in [-0.3, -0.25) is 4.90 Å². The molecule has 0 aliphatic rings. The molecular weight excluding hydrogens is 264 g/mol. The van der Waals surface area contributed by atoms with Gasteiger partial charge in [0.2, 0.25) is 0 Å². The van der Waals surface area contributed by atoms with Crippen molar-refractivity contribution in [2.45, 2.75) is 39.8 Å². The molecule has 114 valence electrons. The summed E-state index contributed by atoms with van der Waals surface area (Å²) in [6.07, 6.45) is 3.24. The molecule has 21 heavy (non-hydrogen) atoms. The Balaban J connectivity index is 2.13. The highest BCUT2D eigenvalue weighted by Gasteiger charge is 2.17. The maximum atomic E-state index is 9.96. The molecule has 2 rings (SSSR count). The van der Waals surface area contributed by atoms with Gasteiger partial charge in [-0.15, -0.1) is 0 Å². The molecule has 2 aromatic rings. The van der Waals surface area contributed by atoms with Crippen LogP contribution in [0.4, 0.5) is 0 Å². The largest absolute Gasteiger partial charge is 0.389 e. The molecular formula is C16H24N4O. The lowest BCUT2D eigenvalue weighted by atomic mass is 10.1. The zero-order valence-electron chi connectivity index (χ0n) is 13.2. The van der Waals surface area contributed by atoms with Gasteiger partial charge in [-0.1, -0.05) is 19.1 Å². The van der Waals surface area contributed by atoms with Crippen LogP contribution in [0.15, 0.2) is 30.9 Å². The van der Waals surface area contributed by atoms with Crippen LogP contribution in [-0.2, 0) is 6.54 Å². The molecule has 0 fully saturated rings. The van der Waals surface area contributed by atoms with Gasteiger partial charge in [0.1, 0.15) is 12.7 Å². The lowest BCUT2D eigenvalue weighted by Gasteiger charge is -2.28. The highest BCUT2D eigenvalue weighted by molar-refractivity contribution is 5.41. The monoisotopic (exact) mass is 288 g/mol. The van der Waals surface area contributed by atoms with Crippen LogP contribution in [0.3, 0.4) is 0 Å². The maximum Gasteiger partial charge on any atom is 0.138 e. The molecule has 0 aliphatic carbocycles. The van der Waals surface area contributed by atoms with Crippen molar-refractivity contribution < 1.29 is 5.11 Å². The van der Waals surface area contributed by atoms with Gasteiger partial charge in [0, 0.05) is 13.1 Å². The van der Waals surface area contributed by atoms with Gasteiger partial charge in [0.25, 0.3) is 0 Å². The van der Waals surface area contributed by atoms with Crippen molar-refractivity contribution in [3.05, 3.63) is 42.0 Å².